The summed E-state index contributed by atoms with van der Waals surface area (Å²) in [5, 5.41) is 3.96. The number of benzene rings is 1. The van der Waals surface area contributed by atoms with Gasteiger partial charge in [-0.1, -0.05) is 11.6 Å². The minimum atomic E-state index is 0.150. The summed E-state index contributed by atoms with van der Waals surface area (Å²) in [6, 6.07) is 7.37. The summed E-state index contributed by atoms with van der Waals surface area (Å²) in [5.41, 5.74) is 0.901. The lowest BCUT2D eigenvalue weighted by Crippen LogP contribution is -2.39. The summed E-state index contributed by atoms with van der Waals surface area (Å²) < 4.78 is 0. The van der Waals surface area contributed by atoms with Crippen molar-refractivity contribution in [3.63, 3.8) is 0 Å². The number of rotatable bonds is 2. The van der Waals surface area contributed by atoms with Crippen LogP contribution >= 0.6 is 11.6 Å². The molecule has 1 N–H and O–H groups in total. The quantitative estimate of drug-likeness (QED) is 0.876. The number of nitrogens with one attached hydrogen (secondary N) is 1. The average molecular weight is 253 g/mol. The maximum Gasteiger partial charge on any atom is 0.229 e. The number of amides is 1. The van der Waals surface area contributed by atoms with Gasteiger partial charge in [0.05, 0.1) is 0 Å². The molecule has 0 atom stereocenters. The van der Waals surface area contributed by atoms with Gasteiger partial charge in [0.15, 0.2) is 0 Å². The Morgan fingerprint density at radius 1 is 1.29 bits per heavy atom. The molecular formula is C13H17ClN2O. The lowest BCUT2D eigenvalue weighted by atomic mass is 9.96. The van der Waals surface area contributed by atoms with Crippen molar-refractivity contribution in [1.29, 1.82) is 0 Å². The molecule has 17 heavy (non-hydrogen) atoms. The van der Waals surface area contributed by atoms with Gasteiger partial charge >= 0.3 is 0 Å². The number of carbonyl (C=O) groups excluding carboxylic acids is 1. The summed E-state index contributed by atoms with van der Waals surface area (Å²) in [6.45, 7) is 1.87. The smallest absolute Gasteiger partial charge is 0.229 e. The molecular weight excluding hydrogens is 236 g/mol. The number of hydrogen-bond acceptors (Lipinski definition) is 2. The van der Waals surface area contributed by atoms with E-state index in [0.29, 0.717) is 5.02 Å². The van der Waals surface area contributed by atoms with Crippen LogP contribution in [-0.4, -0.2) is 26.0 Å². The Morgan fingerprint density at radius 2 is 1.88 bits per heavy atom. The van der Waals surface area contributed by atoms with Gasteiger partial charge in [-0.3, -0.25) is 4.79 Å². The van der Waals surface area contributed by atoms with Gasteiger partial charge < -0.3 is 10.2 Å². The summed E-state index contributed by atoms with van der Waals surface area (Å²) in [4.78, 5) is 14.0. The van der Waals surface area contributed by atoms with Gasteiger partial charge in [-0.2, -0.15) is 0 Å². The third-order valence-corrected chi connectivity index (χ3v) is 3.48. The lowest BCUT2D eigenvalue weighted by molar-refractivity contribution is -0.122. The largest absolute Gasteiger partial charge is 0.317 e. The second kappa shape index (κ2) is 5.52. The summed E-state index contributed by atoms with van der Waals surface area (Å²) >= 11 is 5.83. The molecule has 2 rings (SSSR count). The molecule has 0 aromatic heterocycles. The van der Waals surface area contributed by atoms with Crippen molar-refractivity contribution >= 4 is 23.2 Å². The minimum Gasteiger partial charge on any atom is -0.317 e. The van der Waals surface area contributed by atoms with Gasteiger partial charge in [0.1, 0.15) is 0 Å². The fraction of sp³-hybridized carbons (Fsp3) is 0.462. The minimum absolute atomic E-state index is 0.150. The van der Waals surface area contributed by atoms with E-state index in [-0.39, 0.29) is 11.8 Å². The molecule has 0 saturated carbocycles. The van der Waals surface area contributed by atoms with E-state index in [1.807, 2.05) is 31.3 Å². The maximum atomic E-state index is 12.2. The summed E-state index contributed by atoms with van der Waals surface area (Å²) in [6.07, 6.45) is 1.85. The highest BCUT2D eigenvalue weighted by Crippen LogP contribution is 2.21. The Kier molecular flexibility index (Phi) is 4.02. The highest BCUT2D eigenvalue weighted by atomic mass is 35.5. The van der Waals surface area contributed by atoms with Gasteiger partial charge in [0, 0.05) is 23.7 Å². The molecule has 0 radical (unpaired) electrons. The van der Waals surface area contributed by atoms with Crippen molar-refractivity contribution in [3.8, 4) is 0 Å². The van der Waals surface area contributed by atoms with Crippen LogP contribution in [0.1, 0.15) is 12.8 Å². The Balaban J connectivity index is 2.05. The predicted molar refractivity (Wildman–Crippen MR) is 70.5 cm³/mol. The molecule has 1 saturated heterocycles. The van der Waals surface area contributed by atoms with Gasteiger partial charge in [-0.15, -0.1) is 0 Å². The number of anilines is 1. The zero-order chi connectivity index (χ0) is 12.3. The summed E-state index contributed by atoms with van der Waals surface area (Å²) in [5.74, 6) is 0.353. The first-order valence-electron chi connectivity index (χ1n) is 5.92. The molecule has 1 aliphatic heterocycles. The monoisotopic (exact) mass is 252 g/mol. The molecule has 92 valence electrons. The molecule has 1 fully saturated rings. The standard InChI is InChI=1S/C13H17ClN2O/c1-16(12-4-2-11(14)3-5-12)13(17)10-6-8-15-9-7-10/h2-5,10,15H,6-9H2,1H3. The van der Waals surface area contributed by atoms with Crippen LogP contribution in [0.25, 0.3) is 0 Å². The van der Waals surface area contributed by atoms with E-state index >= 15 is 0 Å². The Hall–Kier alpha value is -1.06. The fourth-order valence-corrected chi connectivity index (χ4v) is 2.26. The van der Waals surface area contributed by atoms with Crippen LogP contribution in [0.3, 0.4) is 0 Å². The molecule has 0 spiro atoms. The molecule has 1 aromatic rings. The zero-order valence-electron chi connectivity index (χ0n) is 9.95. The normalized spacial score (nSPS) is 16.8. The number of carbonyl (C=O) groups is 1. The van der Waals surface area contributed by atoms with Crippen LogP contribution in [0.15, 0.2) is 24.3 Å². The maximum absolute atomic E-state index is 12.2. The van der Waals surface area contributed by atoms with Crippen LogP contribution in [0, 0.1) is 5.92 Å². The Morgan fingerprint density at radius 3 is 2.47 bits per heavy atom. The molecule has 3 nitrogen and oxygen atoms in total. The number of halogens is 1. The first kappa shape index (κ1) is 12.4. The number of piperidine rings is 1. The van der Waals surface area contributed by atoms with Crippen LogP contribution in [0.2, 0.25) is 5.02 Å². The Labute approximate surface area is 107 Å². The van der Waals surface area contributed by atoms with Crippen LogP contribution in [0.5, 0.6) is 0 Å². The van der Waals surface area contributed by atoms with E-state index in [2.05, 4.69) is 5.32 Å². The number of hydrogen-bond donors (Lipinski definition) is 1. The number of nitrogens with zero attached hydrogens (tertiary/aromatic N) is 1. The second-order valence-corrected chi connectivity index (χ2v) is 4.83. The van der Waals surface area contributed by atoms with Crippen molar-refractivity contribution < 1.29 is 4.79 Å². The Bertz CT molecular complexity index is 385. The van der Waals surface area contributed by atoms with Crippen molar-refractivity contribution in [3.05, 3.63) is 29.3 Å². The van der Waals surface area contributed by atoms with E-state index in [1.54, 1.807) is 4.90 Å². The van der Waals surface area contributed by atoms with Gasteiger partial charge in [-0.05, 0) is 50.2 Å². The summed E-state index contributed by atoms with van der Waals surface area (Å²) in [7, 11) is 1.83. The third kappa shape index (κ3) is 2.99. The van der Waals surface area contributed by atoms with Crippen molar-refractivity contribution in [2.75, 3.05) is 25.0 Å². The molecule has 0 bridgehead atoms. The zero-order valence-corrected chi connectivity index (χ0v) is 10.7. The highest BCUT2D eigenvalue weighted by Gasteiger charge is 2.24. The molecule has 1 heterocycles. The van der Waals surface area contributed by atoms with Crippen molar-refractivity contribution in [2.45, 2.75) is 12.8 Å². The molecule has 4 heteroatoms. The van der Waals surface area contributed by atoms with Gasteiger partial charge in [0.2, 0.25) is 5.91 Å². The van der Waals surface area contributed by atoms with Gasteiger partial charge in [-0.25, -0.2) is 0 Å². The van der Waals surface area contributed by atoms with Crippen LogP contribution < -0.4 is 10.2 Å². The third-order valence-electron chi connectivity index (χ3n) is 3.23. The first-order chi connectivity index (χ1) is 8.18. The van der Waals surface area contributed by atoms with E-state index in [4.69, 9.17) is 11.6 Å². The lowest BCUT2D eigenvalue weighted by Gasteiger charge is -2.27. The highest BCUT2D eigenvalue weighted by molar-refractivity contribution is 6.30. The molecule has 0 unspecified atom stereocenters. The SMILES string of the molecule is CN(C(=O)C1CCNCC1)c1ccc(Cl)cc1. The molecule has 1 amide bonds. The first-order valence-corrected chi connectivity index (χ1v) is 6.30. The van der Waals surface area contributed by atoms with E-state index in [0.717, 1.165) is 31.6 Å². The van der Waals surface area contributed by atoms with Crippen molar-refractivity contribution in [2.24, 2.45) is 5.92 Å². The van der Waals surface area contributed by atoms with E-state index in [9.17, 15) is 4.79 Å². The van der Waals surface area contributed by atoms with Crippen LogP contribution in [-0.2, 0) is 4.79 Å². The van der Waals surface area contributed by atoms with Crippen molar-refractivity contribution in [1.82, 2.24) is 5.32 Å². The second-order valence-electron chi connectivity index (χ2n) is 4.40. The average Bonchev–Trinajstić information content (AvgIpc) is 2.39. The predicted octanol–water partition coefficient (Wildman–Crippen LogP) is 2.30. The fourth-order valence-electron chi connectivity index (χ4n) is 2.13. The molecule has 1 aliphatic rings. The topological polar surface area (TPSA) is 32.3 Å². The van der Waals surface area contributed by atoms with E-state index < -0.39 is 0 Å². The molecule has 1 aromatic carbocycles. The van der Waals surface area contributed by atoms with E-state index in [1.165, 1.54) is 0 Å². The molecule has 0 aliphatic carbocycles. The van der Waals surface area contributed by atoms with Crippen LogP contribution in [0.4, 0.5) is 5.69 Å². The van der Waals surface area contributed by atoms with Gasteiger partial charge in [0.25, 0.3) is 0 Å².